The van der Waals surface area contributed by atoms with Gasteiger partial charge in [0.2, 0.25) is 0 Å². The molecule has 2 rings (SSSR count). The van der Waals surface area contributed by atoms with Gasteiger partial charge in [-0.3, -0.25) is 9.97 Å². The molecule has 0 spiro atoms. The molecule has 1 unspecified atom stereocenters. The van der Waals surface area contributed by atoms with Crippen molar-refractivity contribution in [3.05, 3.63) is 59.9 Å². The Hall–Kier alpha value is -1.81. The van der Waals surface area contributed by atoms with Gasteiger partial charge >= 0.3 is 0 Å². The van der Waals surface area contributed by atoms with E-state index < -0.39 is 0 Å². The fraction of sp³-hybridized carbons (Fsp3) is 0.333. The largest absolute Gasteiger partial charge is 0.310 e. The zero-order chi connectivity index (χ0) is 13.5. The molecule has 2 heterocycles. The Balaban J connectivity index is 2.16. The third kappa shape index (κ3) is 4.10. The molecular formula is C15H18FN3. The molecule has 0 saturated heterocycles. The smallest absolute Gasteiger partial charge is 0.141 e. The van der Waals surface area contributed by atoms with Gasteiger partial charge in [-0.1, -0.05) is 13.0 Å². The Labute approximate surface area is 112 Å². The first-order chi connectivity index (χ1) is 9.29. The Kier molecular flexibility index (Phi) is 4.98. The average Bonchev–Trinajstić information content (AvgIpc) is 2.44. The molecule has 3 nitrogen and oxygen atoms in total. The van der Waals surface area contributed by atoms with Gasteiger partial charge in [0, 0.05) is 30.6 Å². The molecule has 0 amide bonds. The molecule has 1 N–H and O–H groups in total. The lowest BCUT2D eigenvalue weighted by Crippen LogP contribution is -2.24. The summed E-state index contributed by atoms with van der Waals surface area (Å²) in [5.41, 5.74) is 1.85. The predicted molar refractivity (Wildman–Crippen MR) is 73.2 cm³/mol. The van der Waals surface area contributed by atoms with Crippen molar-refractivity contribution in [3.63, 3.8) is 0 Å². The highest BCUT2D eigenvalue weighted by Crippen LogP contribution is 2.17. The van der Waals surface area contributed by atoms with Gasteiger partial charge in [0.15, 0.2) is 0 Å². The molecular weight excluding hydrogens is 241 g/mol. The summed E-state index contributed by atoms with van der Waals surface area (Å²) in [6, 6.07) is 7.40. The molecule has 0 radical (unpaired) electrons. The van der Waals surface area contributed by atoms with E-state index in [0.717, 1.165) is 30.6 Å². The van der Waals surface area contributed by atoms with Crippen molar-refractivity contribution < 1.29 is 4.39 Å². The van der Waals surface area contributed by atoms with Crippen molar-refractivity contribution in [3.8, 4) is 0 Å². The lowest BCUT2D eigenvalue weighted by molar-refractivity contribution is 0.517. The van der Waals surface area contributed by atoms with Crippen molar-refractivity contribution in [1.29, 1.82) is 0 Å². The van der Waals surface area contributed by atoms with Crippen LogP contribution in [0, 0.1) is 5.82 Å². The third-order valence-electron chi connectivity index (χ3n) is 2.91. The molecule has 1 atom stereocenters. The Morgan fingerprint density at radius 3 is 2.89 bits per heavy atom. The first-order valence-electron chi connectivity index (χ1n) is 6.53. The van der Waals surface area contributed by atoms with E-state index in [9.17, 15) is 4.39 Å². The number of nitrogens with one attached hydrogen (secondary N) is 1. The van der Waals surface area contributed by atoms with Crippen LogP contribution in [0.5, 0.6) is 0 Å². The molecule has 0 aliphatic rings. The zero-order valence-corrected chi connectivity index (χ0v) is 11.0. The van der Waals surface area contributed by atoms with Gasteiger partial charge in [-0.05, 0) is 36.7 Å². The van der Waals surface area contributed by atoms with Crippen LogP contribution in [0.25, 0.3) is 0 Å². The van der Waals surface area contributed by atoms with Gasteiger partial charge < -0.3 is 5.32 Å². The summed E-state index contributed by atoms with van der Waals surface area (Å²) < 4.78 is 13.3. The van der Waals surface area contributed by atoms with E-state index in [1.807, 2.05) is 18.2 Å². The minimum absolute atomic E-state index is 0.0399. The molecule has 4 heteroatoms. The van der Waals surface area contributed by atoms with E-state index in [2.05, 4.69) is 22.2 Å². The topological polar surface area (TPSA) is 37.8 Å². The zero-order valence-electron chi connectivity index (χ0n) is 11.0. The molecule has 2 aromatic rings. The normalized spacial score (nSPS) is 12.3. The summed E-state index contributed by atoms with van der Waals surface area (Å²) in [4.78, 5) is 8.24. The molecule has 0 aliphatic carbocycles. The van der Waals surface area contributed by atoms with Crippen LogP contribution in [-0.4, -0.2) is 16.5 Å². The van der Waals surface area contributed by atoms with Crippen LogP contribution in [-0.2, 0) is 6.42 Å². The third-order valence-corrected chi connectivity index (χ3v) is 2.91. The molecule has 0 aliphatic heterocycles. The number of rotatable bonds is 6. The highest BCUT2D eigenvalue weighted by Gasteiger charge is 2.13. The molecule has 0 saturated carbocycles. The number of halogens is 1. The number of aromatic nitrogens is 2. The van der Waals surface area contributed by atoms with E-state index in [4.69, 9.17) is 0 Å². The lowest BCUT2D eigenvalue weighted by Gasteiger charge is -2.18. The van der Waals surface area contributed by atoms with Crippen molar-refractivity contribution >= 4 is 0 Å². The van der Waals surface area contributed by atoms with Crippen molar-refractivity contribution in [2.45, 2.75) is 25.8 Å². The van der Waals surface area contributed by atoms with E-state index in [0.29, 0.717) is 0 Å². The van der Waals surface area contributed by atoms with Crippen molar-refractivity contribution in [2.75, 3.05) is 6.54 Å². The Morgan fingerprint density at radius 2 is 2.21 bits per heavy atom. The fourth-order valence-electron chi connectivity index (χ4n) is 1.97. The molecule has 0 fully saturated rings. The summed E-state index contributed by atoms with van der Waals surface area (Å²) in [6.45, 7) is 2.99. The molecule has 0 aromatic carbocycles. The van der Waals surface area contributed by atoms with Gasteiger partial charge in [0.05, 0.1) is 6.20 Å². The maximum Gasteiger partial charge on any atom is 0.141 e. The van der Waals surface area contributed by atoms with Crippen LogP contribution in [0.1, 0.15) is 30.6 Å². The van der Waals surface area contributed by atoms with Crippen LogP contribution in [0.15, 0.2) is 42.9 Å². The molecule has 2 aromatic heterocycles. The van der Waals surface area contributed by atoms with Gasteiger partial charge in [-0.2, -0.15) is 0 Å². The van der Waals surface area contributed by atoms with Crippen molar-refractivity contribution in [1.82, 2.24) is 15.3 Å². The second-order valence-corrected chi connectivity index (χ2v) is 4.47. The van der Waals surface area contributed by atoms with E-state index in [1.165, 1.54) is 12.3 Å². The predicted octanol–water partition coefficient (Wildman–Crippen LogP) is 2.90. The van der Waals surface area contributed by atoms with Crippen LogP contribution >= 0.6 is 0 Å². The SMILES string of the molecule is CCCNC(Cc1ccccn1)c1cncc(F)c1. The molecule has 0 bridgehead atoms. The van der Waals surface area contributed by atoms with Crippen LogP contribution in [0.2, 0.25) is 0 Å². The summed E-state index contributed by atoms with van der Waals surface area (Å²) >= 11 is 0. The summed E-state index contributed by atoms with van der Waals surface area (Å²) in [5.74, 6) is -0.304. The van der Waals surface area contributed by atoms with Gasteiger partial charge in [-0.25, -0.2) is 4.39 Å². The number of hydrogen-bond acceptors (Lipinski definition) is 3. The maximum absolute atomic E-state index is 13.3. The van der Waals surface area contributed by atoms with E-state index in [1.54, 1.807) is 12.4 Å². The summed E-state index contributed by atoms with van der Waals surface area (Å²) in [7, 11) is 0. The fourth-order valence-corrected chi connectivity index (χ4v) is 1.97. The standard InChI is InChI=1S/C15H18FN3/c1-2-6-19-15(9-14-5-3-4-7-18-14)12-8-13(16)11-17-10-12/h3-5,7-8,10-11,15,19H,2,6,9H2,1H3. The molecule has 19 heavy (non-hydrogen) atoms. The monoisotopic (exact) mass is 259 g/mol. The number of pyridine rings is 2. The molecule has 100 valence electrons. The second-order valence-electron chi connectivity index (χ2n) is 4.47. The minimum Gasteiger partial charge on any atom is -0.310 e. The number of nitrogens with zero attached hydrogens (tertiary/aromatic N) is 2. The van der Waals surface area contributed by atoms with Crippen LogP contribution < -0.4 is 5.32 Å². The van der Waals surface area contributed by atoms with E-state index >= 15 is 0 Å². The van der Waals surface area contributed by atoms with Gasteiger partial charge in [0.1, 0.15) is 5.82 Å². The summed E-state index contributed by atoms with van der Waals surface area (Å²) in [6.07, 6.45) is 6.46. The summed E-state index contributed by atoms with van der Waals surface area (Å²) in [5, 5.41) is 3.41. The van der Waals surface area contributed by atoms with Gasteiger partial charge in [-0.15, -0.1) is 0 Å². The lowest BCUT2D eigenvalue weighted by atomic mass is 10.0. The average molecular weight is 259 g/mol. The van der Waals surface area contributed by atoms with Crippen molar-refractivity contribution in [2.24, 2.45) is 0 Å². The van der Waals surface area contributed by atoms with E-state index in [-0.39, 0.29) is 11.9 Å². The first-order valence-corrected chi connectivity index (χ1v) is 6.53. The second kappa shape index (κ2) is 6.95. The number of hydrogen-bond donors (Lipinski definition) is 1. The maximum atomic E-state index is 13.3. The Bertz CT molecular complexity index is 502. The van der Waals surface area contributed by atoms with Gasteiger partial charge in [0.25, 0.3) is 0 Å². The van der Waals surface area contributed by atoms with Crippen LogP contribution in [0.4, 0.5) is 4.39 Å². The first kappa shape index (κ1) is 13.6. The van der Waals surface area contributed by atoms with Crippen LogP contribution in [0.3, 0.4) is 0 Å². The quantitative estimate of drug-likeness (QED) is 0.866. The highest BCUT2D eigenvalue weighted by molar-refractivity contribution is 5.18. The Morgan fingerprint density at radius 1 is 1.32 bits per heavy atom. The highest BCUT2D eigenvalue weighted by atomic mass is 19.1. The minimum atomic E-state index is -0.304.